The number of hydrogen-bond donors (Lipinski definition) is 0. The number of likely N-dealkylation sites (tertiary alicyclic amines) is 1. The summed E-state index contributed by atoms with van der Waals surface area (Å²) in [7, 11) is 0. The van der Waals surface area contributed by atoms with Crippen molar-refractivity contribution in [2.75, 3.05) is 6.54 Å². The van der Waals surface area contributed by atoms with Crippen LogP contribution in [0.1, 0.15) is 65.7 Å². The second-order valence-corrected chi connectivity index (χ2v) is 6.55. The zero-order chi connectivity index (χ0) is 13.8. The van der Waals surface area contributed by atoms with Crippen molar-refractivity contribution < 1.29 is 9.53 Å². The highest BCUT2D eigenvalue weighted by atomic mass is 16.5. The minimum atomic E-state index is 0.195. The van der Waals surface area contributed by atoms with Gasteiger partial charge in [0, 0.05) is 18.5 Å². The molecule has 2 unspecified atom stereocenters. The average Bonchev–Trinajstić information content (AvgIpc) is 2.72. The summed E-state index contributed by atoms with van der Waals surface area (Å²) in [6, 6.07) is 0.340. The van der Waals surface area contributed by atoms with Gasteiger partial charge in [0.2, 0.25) is 5.91 Å². The van der Waals surface area contributed by atoms with Gasteiger partial charge in [0.05, 0.1) is 12.2 Å². The molecule has 2 fully saturated rings. The Hall–Kier alpha value is -0.570. The van der Waals surface area contributed by atoms with Crippen molar-refractivity contribution in [1.29, 1.82) is 0 Å². The first kappa shape index (κ1) is 14.8. The predicted octanol–water partition coefficient (Wildman–Crippen LogP) is 3.37. The normalized spacial score (nSPS) is 27.3. The first-order valence-corrected chi connectivity index (χ1v) is 8.04. The molecule has 0 radical (unpaired) electrons. The smallest absolute Gasteiger partial charge is 0.226 e. The van der Waals surface area contributed by atoms with Crippen LogP contribution in [0.15, 0.2) is 0 Å². The highest BCUT2D eigenvalue weighted by Gasteiger charge is 2.34. The van der Waals surface area contributed by atoms with Gasteiger partial charge in [-0.15, -0.1) is 0 Å². The molecule has 0 spiro atoms. The number of nitrogens with zero attached hydrogens (tertiary/aromatic N) is 1. The van der Waals surface area contributed by atoms with E-state index in [0.717, 1.165) is 19.4 Å². The Kier molecular flexibility index (Phi) is 5.26. The van der Waals surface area contributed by atoms with Gasteiger partial charge >= 0.3 is 0 Å². The second-order valence-electron chi connectivity index (χ2n) is 6.55. The topological polar surface area (TPSA) is 29.5 Å². The van der Waals surface area contributed by atoms with E-state index in [1.165, 1.54) is 32.1 Å². The van der Waals surface area contributed by atoms with Crippen LogP contribution in [0.2, 0.25) is 0 Å². The van der Waals surface area contributed by atoms with Crippen LogP contribution in [-0.4, -0.2) is 35.6 Å². The minimum Gasteiger partial charge on any atom is -0.375 e. The van der Waals surface area contributed by atoms with E-state index in [2.05, 4.69) is 20.8 Å². The molecule has 1 saturated heterocycles. The van der Waals surface area contributed by atoms with Crippen LogP contribution in [0.4, 0.5) is 0 Å². The Morgan fingerprint density at radius 1 is 1.16 bits per heavy atom. The van der Waals surface area contributed by atoms with Crippen LogP contribution in [0.25, 0.3) is 0 Å². The highest BCUT2D eigenvalue weighted by molar-refractivity contribution is 5.81. The van der Waals surface area contributed by atoms with Gasteiger partial charge in [0.25, 0.3) is 0 Å². The fourth-order valence-corrected chi connectivity index (χ4v) is 3.48. The summed E-state index contributed by atoms with van der Waals surface area (Å²) in [6.45, 7) is 7.27. The van der Waals surface area contributed by atoms with E-state index in [1.807, 2.05) is 4.90 Å². The van der Waals surface area contributed by atoms with Crippen LogP contribution in [-0.2, 0) is 9.53 Å². The summed E-state index contributed by atoms with van der Waals surface area (Å²) in [6.07, 6.45) is 8.97. The molecule has 1 aliphatic carbocycles. The molecule has 2 atom stereocenters. The molecule has 2 aliphatic rings. The summed E-state index contributed by atoms with van der Waals surface area (Å²) in [5.74, 6) is 0.537. The third-order valence-electron chi connectivity index (χ3n) is 4.57. The van der Waals surface area contributed by atoms with Crippen LogP contribution >= 0.6 is 0 Å². The van der Waals surface area contributed by atoms with Gasteiger partial charge in [-0.2, -0.15) is 0 Å². The molecule has 0 N–H and O–H groups in total. The molecule has 1 saturated carbocycles. The molecule has 1 amide bonds. The number of amides is 1. The molecule has 3 heteroatoms. The van der Waals surface area contributed by atoms with Crippen molar-refractivity contribution in [3.05, 3.63) is 0 Å². The molecule has 0 aromatic carbocycles. The first-order chi connectivity index (χ1) is 9.08. The fourth-order valence-electron chi connectivity index (χ4n) is 3.48. The largest absolute Gasteiger partial charge is 0.375 e. The third kappa shape index (κ3) is 3.95. The molecule has 0 aromatic rings. The molecule has 0 bridgehead atoms. The van der Waals surface area contributed by atoms with Crippen LogP contribution in [0.3, 0.4) is 0 Å². The van der Waals surface area contributed by atoms with Crippen molar-refractivity contribution in [1.82, 2.24) is 4.90 Å². The maximum atomic E-state index is 12.2. The lowest BCUT2D eigenvalue weighted by atomic mass is 9.96. The van der Waals surface area contributed by atoms with Crippen molar-refractivity contribution in [3.63, 3.8) is 0 Å². The highest BCUT2D eigenvalue weighted by Crippen LogP contribution is 2.27. The van der Waals surface area contributed by atoms with E-state index in [4.69, 9.17) is 4.74 Å². The summed E-state index contributed by atoms with van der Waals surface area (Å²) in [4.78, 5) is 14.3. The van der Waals surface area contributed by atoms with Gasteiger partial charge in [0.1, 0.15) is 0 Å². The average molecular weight is 267 g/mol. The Morgan fingerprint density at radius 2 is 1.84 bits per heavy atom. The van der Waals surface area contributed by atoms with Gasteiger partial charge in [-0.05, 0) is 46.5 Å². The SMILES string of the molecule is CC(CC1CCN(C(C)C)C1=O)OC1CCCCC1. The van der Waals surface area contributed by atoms with Gasteiger partial charge in [-0.25, -0.2) is 0 Å². The Balaban J connectivity index is 1.76. The van der Waals surface area contributed by atoms with Crippen LogP contribution < -0.4 is 0 Å². The standard InChI is InChI=1S/C16H29NO2/c1-12(2)17-10-9-14(16(17)18)11-13(3)19-15-7-5-4-6-8-15/h12-15H,4-11H2,1-3H3. The third-order valence-corrected chi connectivity index (χ3v) is 4.57. The number of hydrogen-bond acceptors (Lipinski definition) is 2. The number of ether oxygens (including phenoxy) is 1. The zero-order valence-corrected chi connectivity index (χ0v) is 12.7. The molecular formula is C16H29NO2. The van der Waals surface area contributed by atoms with Crippen LogP contribution in [0, 0.1) is 5.92 Å². The lowest BCUT2D eigenvalue weighted by Gasteiger charge is -2.27. The van der Waals surface area contributed by atoms with Crippen molar-refractivity contribution in [2.24, 2.45) is 5.92 Å². The lowest BCUT2D eigenvalue weighted by Crippen LogP contribution is -2.34. The maximum Gasteiger partial charge on any atom is 0.226 e. The number of carbonyl (C=O) groups is 1. The monoisotopic (exact) mass is 267 g/mol. The Labute approximate surface area is 117 Å². The van der Waals surface area contributed by atoms with Gasteiger partial charge in [-0.3, -0.25) is 4.79 Å². The van der Waals surface area contributed by atoms with Crippen molar-refractivity contribution in [2.45, 2.75) is 84.0 Å². The number of carbonyl (C=O) groups excluding carboxylic acids is 1. The molecule has 0 aromatic heterocycles. The predicted molar refractivity (Wildman–Crippen MR) is 77.0 cm³/mol. The summed E-state index contributed by atoms with van der Waals surface area (Å²) in [5.41, 5.74) is 0. The molecule has 19 heavy (non-hydrogen) atoms. The Bertz CT molecular complexity index is 297. The van der Waals surface area contributed by atoms with E-state index in [0.29, 0.717) is 18.1 Å². The zero-order valence-electron chi connectivity index (χ0n) is 12.7. The lowest BCUT2D eigenvalue weighted by molar-refractivity contribution is -0.133. The van der Waals surface area contributed by atoms with E-state index in [1.54, 1.807) is 0 Å². The van der Waals surface area contributed by atoms with Crippen LogP contribution in [0.5, 0.6) is 0 Å². The second kappa shape index (κ2) is 6.74. The van der Waals surface area contributed by atoms with E-state index >= 15 is 0 Å². The minimum absolute atomic E-state index is 0.195. The summed E-state index contributed by atoms with van der Waals surface area (Å²) >= 11 is 0. The number of rotatable bonds is 5. The molecule has 2 rings (SSSR count). The van der Waals surface area contributed by atoms with E-state index in [-0.39, 0.29) is 12.0 Å². The maximum absolute atomic E-state index is 12.2. The Morgan fingerprint density at radius 3 is 2.42 bits per heavy atom. The van der Waals surface area contributed by atoms with Gasteiger partial charge in [0.15, 0.2) is 0 Å². The summed E-state index contributed by atoms with van der Waals surface area (Å²) in [5, 5.41) is 0. The van der Waals surface area contributed by atoms with Gasteiger partial charge < -0.3 is 9.64 Å². The van der Waals surface area contributed by atoms with Gasteiger partial charge in [-0.1, -0.05) is 19.3 Å². The quantitative estimate of drug-likeness (QED) is 0.764. The van der Waals surface area contributed by atoms with Crippen molar-refractivity contribution >= 4 is 5.91 Å². The summed E-state index contributed by atoms with van der Waals surface area (Å²) < 4.78 is 6.13. The van der Waals surface area contributed by atoms with E-state index in [9.17, 15) is 4.79 Å². The molecule has 3 nitrogen and oxygen atoms in total. The van der Waals surface area contributed by atoms with E-state index < -0.39 is 0 Å². The molecule has 1 heterocycles. The molecular weight excluding hydrogens is 238 g/mol. The first-order valence-electron chi connectivity index (χ1n) is 8.04. The van der Waals surface area contributed by atoms with Crippen molar-refractivity contribution in [3.8, 4) is 0 Å². The fraction of sp³-hybridized carbons (Fsp3) is 0.938. The molecule has 110 valence electrons. The molecule has 1 aliphatic heterocycles.